The number of nitrogens with two attached hydrogens (primary N) is 1. The Kier molecular flexibility index (Phi) is 5.32. The number of hydrogen-bond acceptors (Lipinski definition) is 6. The maximum absolute atomic E-state index is 6.05. The Morgan fingerprint density at radius 1 is 1.04 bits per heavy atom. The highest BCUT2D eigenvalue weighted by Gasteiger charge is 2.17. The van der Waals surface area contributed by atoms with Gasteiger partial charge in [-0.2, -0.15) is 4.98 Å². The molecular weight excluding hydrogens is 336 g/mol. The van der Waals surface area contributed by atoms with Crippen LogP contribution in [0.3, 0.4) is 0 Å². The van der Waals surface area contributed by atoms with E-state index in [0.29, 0.717) is 17.7 Å². The van der Waals surface area contributed by atoms with Crippen molar-refractivity contribution in [3.63, 3.8) is 0 Å². The number of nitrogen functional groups attached to an aromatic ring is 1. The number of hydrogen-bond donors (Lipinski definition) is 3. The molecule has 6 heteroatoms. The molecule has 0 amide bonds. The van der Waals surface area contributed by atoms with Crippen LogP contribution in [0.2, 0.25) is 0 Å². The van der Waals surface area contributed by atoms with Crippen molar-refractivity contribution in [3.8, 4) is 0 Å². The maximum Gasteiger partial charge on any atom is 0.229 e. The Balaban J connectivity index is 1.41. The number of piperidine rings is 1. The van der Waals surface area contributed by atoms with Crippen LogP contribution in [0.25, 0.3) is 0 Å². The zero-order valence-corrected chi connectivity index (χ0v) is 16.1. The smallest absolute Gasteiger partial charge is 0.229 e. The minimum Gasteiger partial charge on any atom is -0.394 e. The first-order valence-electron chi connectivity index (χ1n) is 10.2. The quantitative estimate of drug-likeness (QED) is 0.728. The number of benzene rings is 1. The van der Waals surface area contributed by atoms with E-state index < -0.39 is 0 Å². The summed E-state index contributed by atoms with van der Waals surface area (Å²) in [5.41, 5.74) is 8.92. The zero-order chi connectivity index (χ0) is 18.6. The van der Waals surface area contributed by atoms with E-state index in [9.17, 15) is 0 Å². The maximum atomic E-state index is 6.05. The second kappa shape index (κ2) is 8.03. The summed E-state index contributed by atoms with van der Waals surface area (Å²) in [5.74, 6) is 2.15. The standard InChI is InChI=1S/C21H30N6/c1-15-10-12-27(13-11-15)18-8-6-17(7-9-18)25-21-23-14-19(22)20(26-21)24-16-4-2-3-5-16/h6-9,14-16H,2-5,10-13,22H2,1H3,(H2,23,24,25,26). The van der Waals surface area contributed by atoms with Crippen LogP contribution < -0.4 is 21.3 Å². The molecule has 1 aromatic carbocycles. The van der Waals surface area contributed by atoms with Gasteiger partial charge in [-0.15, -0.1) is 0 Å². The summed E-state index contributed by atoms with van der Waals surface area (Å²) in [6.07, 6.45) is 9.14. The lowest BCUT2D eigenvalue weighted by atomic mass is 9.99. The molecular formula is C21H30N6. The van der Waals surface area contributed by atoms with E-state index in [1.165, 1.54) is 44.2 Å². The van der Waals surface area contributed by atoms with Crippen molar-refractivity contribution in [1.29, 1.82) is 0 Å². The molecule has 2 fully saturated rings. The molecule has 144 valence electrons. The first kappa shape index (κ1) is 17.9. The highest BCUT2D eigenvalue weighted by atomic mass is 15.2. The summed E-state index contributed by atoms with van der Waals surface area (Å²) in [7, 11) is 0. The minimum absolute atomic E-state index is 0.474. The average Bonchev–Trinajstić information content (AvgIpc) is 3.19. The van der Waals surface area contributed by atoms with Crippen molar-refractivity contribution in [1.82, 2.24) is 9.97 Å². The van der Waals surface area contributed by atoms with Gasteiger partial charge in [0.15, 0.2) is 5.82 Å². The minimum atomic E-state index is 0.474. The first-order valence-corrected chi connectivity index (χ1v) is 10.2. The lowest BCUT2D eigenvalue weighted by Gasteiger charge is -2.32. The Morgan fingerprint density at radius 3 is 2.44 bits per heavy atom. The van der Waals surface area contributed by atoms with Crippen molar-refractivity contribution >= 4 is 28.8 Å². The van der Waals surface area contributed by atoms with Crippen LogP contribution in [0.5, 0.6) is 0 Å². The van der Waals surface area contributed by atoms with Gasteiger partial charge in [0.25, 0.3) is 0 Å². The van der Waals surface area contributed by atoms with Gasteiger partial charge < -0.3 is 21.3 Å². The van der Waals surface area contributed by atoms with Crippen LogP contribution in [0.4, 0.5) is 28.8 Å². The zero-order valence-electron chi connectivity index (χ0n) is 16.1. The molecule has 0 unspecified atom stereocenters. The molecule has 4 N–H and O–H groups in total. The van der Waals surface area contributed by atoms with Crippen molar-refractivity contribution in [3.05, 3.63) is 30.5 Å². The molecule has 0 radical (unpaired) electrons. The molecule has 1 aromatic heterocycles. The van der Waals surface area contributed by atoms with Gasteiger partial charge in [-0.25, -0.2) is 4.98 Å². The molecule has 0 bridgehead atoms. The predicted molar refractivity (Wildman–Crippen MR) is 113 cm³/mol. The number of nitrogens with zero attached hydrogens (tertiary/aromatic N) is 3. The molecule has 0 spiro atoms. The highest BCUT2D eigenvalue weighted by molar-refractivity contribution is 5.65. The fourth-order valence-electron chi connectivity index (χ4n) is 3.98. The summed E-state index contributed by atoms with van der Waals surface area (Å²) < 4.78 is 0. The van der Waals surface area contributed by atoms with E-state index >= 15 is 0 Å². The SMILES string of the molecule is CC1CCN(c2ccc(Nc3ncc(N)c(NC4CCCC4)n3)cc2)CC1. The molecule has 1 saturated carbocycles. The number of rotatable bonds is 5. The molecule has 2 aromatic rings. The Morgan fingerprint density at radius 2 is 1.74 bits per heavy atom. The van der Waals surface area contributed by atoms with Gasteiger partial charge in [0.05, 0.1) is 11.9 Å². The first-order chi connectivity index (χ1) is 13.2. The van der Waals surface area contributed by atoms with Crippen molar-refractivity contribution < 1.29 is 0 Å². The second-order valence-electron chi connectivity index (χ2n) is 7.96. The Hall–Kier alpha value is -2.50. The highest BCUT2D eigenvalue weighted by Crippen LogP contribution is 2.27. The van der Waals surface area contributed by atoms with E-state index in [2.05, 4.69) is 56.7 Å². The largest absolute Gasteiger partial charge is 0.394 e. The van der Waals surface area contributed by atoms with Gasteiger partial charge in [-0.1, -0.05) is 19.8 Å². The van der Waals surface area contributed by atoms with Crippen LogP contribution in [-0.2, 0) is 0 Å². The predicted octanol–water partition coefficient (Wildman–Crippen LogP) is 4.39. The van der Waals surface area contributed by atoms with Gasteiger partial charge in [0.2, 0.25) is 5.95 Å². The Bertz CT molecular complexity index is 746. The van der Waals surface area contributed by atoms with Crippen LogP contribution in [0, 0.1) is 5.92 Å². The molecule has 4 rings (SSSR count). The number of nitrogens with one attached hydrogen (secondary N) is 2. The van der Waals surface area contributed by atoms with Crippen LogP contribution in [0.1, 0.15) is 45.4 Å². The summed E-state index contributed by atoms with van der Waals surface area (Å²) >= 11 is 0. The second-order valence-corrected chi connectivity index (χ2v) is 7.96. The van der Waals surface area contributed by atoms with Crippen molar-refractivity contribution in [2.45, 2.75) is 51.5 Å². The summed E-state index contributed by atoms with van der Waals surface area (Å²) in [4.78, 5) is 11.4. The van der Waals surface area contributed by atoms with Gasteiger partial charge in [0, 0.05) is 30.5 Å². The van der Waals surface area contributed by atoms with Gasteiger partial charge >= 0.3 is 0 Å². The summed E-state index contributed by atoms with van der Waals surface area (Å²) in [6.45, 7) is 4.63. The van der Waals surface area contributed by atoms with E-state index in [-0.39, 0.29) is 0 Å². The molecule has 6 nitrogen and oxygen atoms in total. The summed E-state index contributed by atoms with van der Waals surface area (Å²) in [6, 6.07) is 9.01. The van der Waals surface area contributed by atoms with Crippen LogP contribution >= 0.6 is 0 Å². The van der Waals surface area contributed by atoms with Gasteiger partial charge in [-0.3, -0.25) is 0 Å². The van der Waals surface area contributed by atoms with E-state index in [4.69, 9.17) is 5.73 Å². The van der Waals surface area contributed by atoms with Crippen LogP contribution in [-0.4, -0.2) is 29.1 Å². The lowest BCUT2D eigenvalue weighted by Crippen LogP contribution is -2.32. The van der Waals surface area contributed by atoms with Crippen LogP contribution in [0.15, 0.2) is 30.5 Å². The average molecular weight is 367 g/mol. The normalized spacial score (nSPS) is 18.6. The molecule has 1 aliphatic carbocycles. The van der Waals surface area contributed by atoms with E-state index in [0.717, 1.165) is 30.5 Å². The number of anilines is 5. The molecule has 27 heavy (non-hydrogen) atoms. The molecule has 2 heterocycles. The lowest BCUT2D eigenvalue weighted by molar-refractivity contribution is 0.438. The third-order valence-electron chi connectivity index (χ3n) is 5.79. The number of aromatic nitrogens is 2. The third kappa shape index (κ3) is 4.43. The van der Waals surface area contributed by atoms with Gasteiger partial charge in [0.1, 0.15) is 0 Å². The van der Waals surface area contributed by atoms with Gasteiger partial charge in [-0.05, 0) is 55.9 Å². The topological polar surface area (TPSA) is 79.1 Å². The van der Waals surface area contributed by atoms with E-state index in [1.807, 2.05) is 0 Å². The fraction of sp³-hybridized carbons (Fsp3) is 0.524. The third-order valence-corrected chi connectivity index (χ3v) is 5.79. The van der Waals surface area contributed by atoms with Crippen molar-refractivity contribution in [2.24, 2.45) is 5.92 Å². The van der Waals surface area contributed by atoms with Crippen molar-refractivity contribution in [2.75, 3.05) is 34.4 Å². The molecule has 1 aliphatic heterocycles. The molecule has 1 saturated heterocycles. The fourth-order valence-corrected chi connectivity index (χ4v) is 3.98. The monoisotopic (exact) mass is 366 g/mol. The van der Waals surface area contributed by atoms with E-state index in [1.54, 1.807) is 6.20 Å². The Labute approximate surface area is 161 Å². The molecule has 2 aliphatic rings. The molecule has 0 atom stereocenters. The summed E-state index contributed by atoms with van der Waals surface area (Å²) in [5, 5.41) is 6.77.